The van der Waals surface area contributed by atoms with Gasteiger partial charge in [0.2, 0.25) is 0 Å². The summed E-state index contributed by atoms with van der Waals surface area (Å²) in [4.78, 5) is 4.38. The van der Waals surface area contributed by atoms with Gasteiger partial charge in [0.1, 0.15) is 5.82 Å². The van der Waals surface area contributed by atoms with E-state index in [0.717, 1.165) is 56.3 Å². The molecule has 28 heavy (non-hydrogen) atoms. The Morgan fingerprint density at radius 1 is 1.32 bits per heavy atom. The summed E-state index contributed by atoms with van der Waals surface area (Å²) in [6, 6.07) is 6.33. The zero-order chi connectivity index (χ0) is 20.0. The number of aromatic nitrogens is 3. The number of aryl methyl sites for hydroxylation is 1. The number of fused-ring (bicyclic) bond motifs is 1. The third-order valence-corrected chi connectivity index (χ3v) is 5.78. The summed E-state index contributed by atoms with van der Waals surface area (Å²) in [6.45, 7) is 8.44. The molecule has 1 saturated carbocycles. The summed E-state index contributed by atoms with van der Waals surface area (Å²) in [6.07, 6.45) is 7.52. The molecule has 0 spiro atoms. The topological polar surface area (TPSA) is 75.8 Å². The van der Waals surface area contributed by atoms with Crippen molar-refractivity contribution in [3.05, 3.63) is 30.2 Å². The average Bonchev–Trinajstić information content (AvgIpc) is 3.11. The van der Waals surface area contributed by atoms with E-state index < -0.39 is 0 Å². The molecule has 0 aromatic carbocycles. The van der Waals surface area contributed by atoms with Gasteiger partial charge in [0, 0.05) is 44.3 Å². The minimum atomic E-state index is 0.117. The Hall–Kier alpha value is -2.15. The van der Waals surface area contributed by atoms with Gasteiger partial charge in [0.25, 0.3) is 0 Å². The number of ether oxygens (including phenoxy) is 1. The standard InChI is InChI=1S/C21H34N6O/c1-5-6-14-28-17-15-16(21(17,2)3)24-20(22-4)23-12-9-11-19-26-25-18-10-7-8-13-27(18)19/h7-8,10,13,16-17H,5-6,9,11-12,14-15H2,1-4H3,(H2,22,23,24). The van der Waals surface area contributed by atoms with E-state index in [1.165, 1.54) is 6.42 Å². The van der Waals surface area contributed by atoms with Crippen LogP contribution >= 0.6 is 0 Å². The van der Waals surface area contributed by atoms with Crippen LogP contribution in [-0.4, -0.2) is 52.9 Å². The van der Waals surface area contributed by atoms with Crippen molar-refractivity contribution in [2.75, 3.05) is 20.2 Å². The van der Waals surface area contributed by atoms with Gasteiger partial charge < -0.3 is 15.4 Å². The van der Waals surface area contributed by atoms with Crippen molar-refractivity contribution >= 4 is 11.6 Å². The Labute approximate surface area is 168 Å². The largest absolute Gasteiger partial charge is 0.378 e. The highest BCUT2D eigenvalue weighted by atomic mass is 16.5. The van der Waals surface area contributed by atoms with E-state index in [2.05, 4.69) is 46.6 Å². The normalized spacial score (nSPS) is 21.5. The van der Waals surface area contributed by atoms with Gasteiger partial charge in [-0.3, -0.25) is 9.39 Å². The number of nitrogens with one attached hydrogen (secondary N) is 2. The summed E-state index contributed by atoms with van der Waals surface area (Å²) < 4.78 is 8.08. The molecule has 0 radical (unpaired) electrons. The Balaban J connectivity index is 1.40. The second-order valence-corrected chi connectivity index (χ2v) is 8.11. The Morgan fingerprint density at radius 3 is 2.93 bits per heavy atom. The third-order valence-electron chi connectivity index (χ3n) is 5.78. The molecule has 7 heteroatoms. The van der Waals surface area contributed by atoms with E-state index in [1.54, 1.807) is 0 Å². The van der Waals surface area contributed by atoms with Crippen molar-refractivity contribution in [3.63, 3.8) is 0 Å². The molecule has 0 amide bonds. The van der Waals surface area contributed by atoms with Crippen molar-refractivity contribution in [1.82, 2.24) is 25.2 Å². The first-order valence-electron chi connectivity index (χ1n) is 10.4. The zero-order valence-corrected chi connectivity index (χ0v) is 17.6. The van der Waals surface area contributed by atoms with Crippen molar-refractivity contribution in [1.29, 1.82) is 0 Å². The number of nitrogens with zero attached hydrogens (tertiary/aromatic N) is 4. The van der Waals surface area contributed by atoms with Crippen molar-refractivity contribution in [2.24, 2.45) is 10.4 Å². The first-order valence-corrected chi connectivity index (χ1v) is 10.4. The number of unbranched alkanes of at least 4 members (excludes halogenated alkanes) is 1. The molecule has 2 heterocycles. The van der Waals surface area contributed by atoms with Gasteiger partial charge in [-0.1, -0.05) is 33.3 Å². The quantitative estimate of drug-likeness (QED) is 0.394. The summed E-state index contributed by atoms with van der Waals surface area (Å²) in [5, 5.41) is 15.5. The molecule has 1 aliphatic carbocycles. The molecule has 0 aliphatic heterocycles. The number of aliphatic imine (C=N–C) groups is 1. The Morgan fingerprint density at radius 2 is 2.18 bits per heavy atom. The summed E-state index contributed by atoms with van der Waals surface area (Å²) in [7, 11) is 1.82. The minimum absolute atomic E-state index is 0.117. The molecule has 2 aromatic heterocycles. The lowest BCUT2D eigenvalue weighted by molar-refractivity contribution is -0.113. The van der Waals surface area contributed by atoms with Crippen LogP contribution in [-0.2, 0) is 11.2 Å². The van der Waals surface area contributed by atoms with Crippen LogP contribution in [0.4, 0.5) is 0 Å². The summed E-state index contributed by atoms with van der Waals surface area (Å²) >= 11 is 0. The highest BCUT2D eigenvalue weighted by molar-refractivity contribution is 5.80. The highest BCUT2D eigenvalue weighted by Gasteiger charge is 2.49. The number of hydrogen-bond acceptors (Lipinski definition) is 4. The smallest absolute Gasteiger partial charge is 0.191 e. The van der Waals surface area contributed by atoms with Crippen LogP contribution in [0.15, 0.2) is 29.4 Å². The van der Waals surface area contributed by atoms with Gasteiger partial charge >= 0.3 is 0 Å². The van der Waals surface area contributed by atoms with Crippen molar-refractivity contribution < 1.29 is 4.74 Å². The van der Waals surface area contributed by atoms with E-state index >= 15 is 0 Å². The molecule has 154 valence electrons. The van der Waals surface area contributed by atoms with Gasteiger partial charge in [0.15, 0.2) is 11.6 Å². The first-order chi connectivity index (χ1) is 13.6. The maximum absolute atomic E-state index is 6.04. The second-order valence-electron chi connectivity index (χ2n) is 8.11. The molecule has 2 unspecified atom stereocenters. The first kappa shape index (κ1) is 20.6. The second kappa shape index (κ2) is 9.37. The Kier molecular flexibility index (Phi) is 6.88. The predicted octanol–water partition coefficient (Wildman–Crippen LogP) is 2.81. The lowest BCUT2D eigenvalue weighted by atomic mass is 9.64. The molecule has 2 atom stereocenters. The number of hydrogen-bond donors (Lipinski definition) is 2. The molecule has 2 aromatic rings. The lowest BCUT2D eigenvalue weighted by Crippen LogP contribution is -2.63. The monoisotopic (exact) mass is 386 g/mol. The van der Waals surface area contributed by atoms with Crippen LogP contribution < -0.4 is 10.6 Å². The molecule has 2 N–H and O–H groups in total. The SMILES string of the molecule is CCCCOC1CC(NC(=NC)NCCCc2nnc3ccccn23)C1(C)C. The number of rotatable bonds is 9. The lowest BCUT2D eigenvalue weighted by Gasteiger charge is -2.52. The van der Waals surface area contributed by atoms with Crippen LogP contribution in [0.25, 0.3) is 5.65 Å². The zero-order valence-electron chi connectivity index (χ0n) is 17.6. The molecule has 0 saturated heterocycles. The predicted molar refractivity (Wildman–Crippen MR) is 113 cm³/mol. The van der Waals surface area contributed by atoms with E-state index in [9.17, 15) is 0 Å². The van der Waals surface area contributed by atoms with Gasteiger partial charge in [-0.05, 0) is 31.4 Å². The molecule has 7 nitrogen and oxygen atoms in total. The fraction of sp³-hybridized carbons (Fsp3) is 0.667. The maximum atomic E-state index is 6.04. The highest BCUT2D eigenvalue weighted by Crippen LogP contribution is 2.42. The third kappa shape index (κ3) is 4.63. The van der Waals surface area contributed by atoms with Gasteiger partial charge in [-0.15, -0.1) is 10.2 Å². The molecule has 1 aliphatic rings. The van der Waals surface area contributed by atoms with Crippen molar-refractivity contribution in [2.45, 2.75) is 65.0 Å². The van der Waals surface area contributed by atoms with Crippen LogP contribution in [0, 0.1) is 5.41 Å². The molecule has 1 fully saturated rings. The van der Waals surface area contributed by atoms with E-state index in [4.69, 9.17) is 4.74 Å². The summed E-state index contributed by atoms with van der Waals surface area (Å²) in [5.41, 5.74) is 1.01. The molecular weight excluding hydrogens is 352 g/mol. The molecule has 3 rings (SSSR count). The summed E-state index contributed by atoms with van der Waals surface area (Å²) in [5.74, 6) is 1.85. The van der Waals surface area contributed by atoms with Crippen LogP contribution in [0.2, 0.25) is 0 Å². The Bertz CT molecular complexity index is 784. The molecule has 0 bridgehead atoms. The molecular formula is C21H34N6O. The van der Waals surface area contributed by atoms with Crippen LogP contribution in [0.5, 0.6) is 0 Å². The number of guanidine groups is 1. The van der Waals surface area contributed by atoms with E-state index in [-0.39, 0.29) is 5.41 Å². The average molecular weight is 387 g/mol. The van der Waals surface area contributed by atoms with Gasteiger partial charge in [-0.25, -0.2) is 0 Å². The fourth-order valence-electron chi connectivity index (χ4n) is 3.66. The van der Waals surface area contributed by atoms with Gasteiger partial charge in [-0.2, -0.15) is 0 Å². The maximum Gasteiger partial charge on any atom is 0.191 e. The number of pyridine rings is 1. The van der Waals surface area contributed by atoms with Crippen LogP contribution in [0.1, 0.15) is 52.3 Å². The fourth-order valence-corrected chi connectivity index (χ4v) is 3.66. The minimum Gasteiger partial charge on any atom is -0.378 e. The van der Waals surface area contributed by atoms with Crippen molar-refractivity contribution in [3.8, 4) is 0 Å². The van der Waals surface area contributed by atoms with E-state index in [1.807, 2.05) is 35.8 Å². The van der Waals surface area contributed by atoms with Gasteiger partial charge in [0.05, 0.1) is 6.10 Å². The van der Waals surface area contributed by atoms with Crippen LogP contribution in [0.3, 0.4) is 0 Å². The van der Waals surface area contributed by atoms with E-state index in [0.29, 0.717) is 12.1 Å².